The lowest BCUT2D eigenvalue weighted by Crippen LogP contribution is -2.18. The maximum atomic E-state index is 13.5. The lowest BCUT2D eigenvalue weighted by molar-refractivity contribution is -0.137. The molecule has 7 nitrogen and oxygen atoms in total. The summed E-state index contributed by atoms with van der Waals surface area (Å²) >= 11 is 0. The van der Waals surface area contributed by atoms with Crippen molar-refractivity contribution in [3.05, 3.63) is 71.3 Å². The molecule has 0 amide bonds. The Hall–Kier alpha value is -3.62. The molecule has 0 radical (unpaired) electrons. The van der Waals surface area contributed by atoms with Gasteiger partial charge in [0, 0.05) is 6.42 Å². The predicted octanol–water partition coefficient (Wildman–Crippen LogP) is 3.07. The summed E-state index contributed by atoms with van der Waals surface area (Å²) in [4.78, 5) is 35.2. The van der Waals surface area contributed by atoms with Crippen molar-refractivity contribution in [3.63, 3.8) is 0 Å². The van der Waals surface area contributed by atoms with Crippen LogP contribution in [0.25, 0.3) is 0 Å². The highest BCUT2D eigenvalue weighted by Crippen LogP contribution is 2.11. The standard InChI is InChI=1S/C18H13F2NO6/c19-13-7-3-1-5-11(13)17(23)26-15(21-25)9-10-16(22)27-18(24)12-6-2-4-8-14(12)20/h1-8,25H,9-10H2/b21-15-. The van der Waals surface area contributed by atoms with Crippen LogP contribution in [-0.4, -0.2) is 29.0 Å². The van der Waals surface area contributed by atoms with Crippen LogP contribution in [0.4, 0.5) is 8.78 Å². The van der Waals surface area contributed by atoms with Gasteiger partial charge in [0.2, 0.25) is 5.90 Å². The van der Waals surface area contributed by atoms with Crippen LogP contribution in [-0.2, 0) is 14.3 Å². The molecule has 0 aromatic heterocycles. The van der Waals surface area contributed by atoms with Crippen molar-refractivity contribution in [1.29, 1.82) is 0 Å². The molecule has 2 rings (SSSR count). The minimum atomic E-state index is -1.19. The maximum Gasteiger partial charge on any atom is 0.348 e. The second kappa shape index (κ2) is 9.18. The molecule has 0 spiro atoms. The van der Waals surface area contributed by atoms with Gasteiger partial charge in [-0.05, 0) is 24.3 Å². The van der Waals surface area contributed by atoms with Crippen LogP contribution in [0.5, 0.6) is 0 Å². The first-order chi connectivity index (χ1) is 12.9. The Morgan fingerprint density at radius 2 is 1.30 bits per heavy atom. The van der Waals surface area contributed by atoms with Gasteiger partial charge in [-0.15, -0.1) is 0 Å². The van der Waals surface area contributed by atoms with Gasteiger partial charge in [-0.2, -0.15) is 0 Å². The topological polar surface area (TPSA) is 102 Å². The summed E-state index contributed by atoms with van der Waals surface area (Å²) < 4.78 is 36.1. The molecule has 2 aromatic carbocycles. The molecule has 0 aliphatic rings. The average molecular weight is 377 g/mol. The van der Waals surface area contributed by atoms with E-state index in [4.69, 9.17) is 9.94 Å². The van der Waals surface area contributed by atoms with Crippen LogP contribution in [0.15, 0.2) is 53.7 Å². The van der Waals surface area contributed by atoms with E-state index in [-0.39, 0.29) is 0 Å². The Labute approximate surface area is 151 Å². The Morgan fingerprint density at radius 1 is 0.815 bits per heavy atom. The molecule has 0 bridgehead atoms. The summed E-state index contributed by atoms with van der Waals surface area (Å²) in [6.45, 7) is 0. The highest BCUT2D eigenvalue weighted by Gasteiger charge is 2.20. The number of nitrogens with zero attached hydrogens (tertiary/aromatic N) is 1. The van der Waals surface area contributed by atoms with Crippen molar-refractivity contribution >= 4 is 23.8 Å². The first-order valence-corrected chi connectivity index (χ1v) is 7.59. The third-order valence-electron chi connectivity index (χ3n) is 3.26. The van der Waals surface area contributed by atoms with Crippen LogP contribution in [0.1, 0.15) is 33.6 Å². The molecule has 140 valence electrons. The van der Waals surface area contributed by atoms with E-state index < -0.39 is 59.4 Å². The zero-order chi connectivity index (χ0) is 19.8. The smallest absolute Gasteiger partial charge is 0.348 e. The molecule has 0 aliphatic heterocycles. The molecular weight excluding hydrogens is 364 g/mol. The number of ether oxygens (including phenoxy) is 2. The van der Waals surface area contributed by atoms with Crippen molar-refractivity contribution in [1.82, 2.24) is 0 Å². The average Bonchev–Trinajstić information content (AvgIpc) is 2.65. The minimum absolute atomic E-state index is 0.393. The van der Waals surface area contributed by atoms with E-state index in [0.29, 0.717) is 0 Å². The van der Waals surface area contributed by atoms with Gasteiger partial charge in [-0.3, -0.25) is 4.79 Å². The van der Waals surface area contributed by atoms with E-state index in [1.165, 1.54) is 24.3 Å². The molecule has 0 fully saturated rings. The number of esters is 3. The summed E-state index contributed by atoms with van der Waals surface area (Å²) in [6, 6.07) is 9.90. The number of rotatable bonds is 5. The Morgan fingerprint density at radius 3 is 1.78 bits per heavy atom. The number of carbonyl (C=O) groups excluding carboxylic acids is 3. The summed E-state index contributed by atoms with van der Waals surface area (Å²) in [5.41, 5.74) is -0.816. The van der Waals surface area contributed by atoms with Gasteiger partial charge in [0.15, 0.2) is 0 Å². The Balaban J connectivity index is 1.89. The number of benzene rings is 2. The Kier molecular flexibility index (Phi) is 6.70. The SMILES string of the molecule is O=C(CC/C(=N/O)OC(=O)c1ccccc1F)OC(=O)c1ccccc1F. The lowest BCUT2D eigenvalue weighted by Gasteiger charge is -2.07. The van der Waals surface area contributed by atoms with Crippen LogP contribution in [0.3, 0.4) is 0 Å². The molecule has 27 heavy (non-hydrogen) atoms. The fourth-order valence-corrected chi connectivity index (χ4v) is 1.96. The molecule has 9 heteroatoms. The second-order valence-corrected chi connectivity index (χ2v) is 5.10. The quantitative estimate of drug-likeness (QED) is 0.215. The molecule has 0 aliphatic carbocycles. The molecule has 2 aromatic rings. The van der Waals surface area contributed by atoms with Crippen LogP contribution in [0, 0.1) is 11.6 Å². The van der Waals surface area contributed by atoms with Crippen LogP contribution in [0.2, 0.25) is 0 Å². The van der Waals surface area contributed by atoms with E-state index >= 15 is 0 Å². The first kappa shape index (κ1) is 19.7. The third-order valence-corrected chi connectivity index (χ3v) is 3.26. The van der Waals surface area contributed by atoms with Gasteiger partial charge in [-0.25, -0.2) is 18.4 Å². The van der Waals surface area contributed by atoms with E-state index in [1.54, 1.807) is 0 Å². The summed E-state index contributed by atoms with van der Waals surface area (Å²) in [5, 5.41) is 11.6. The van der Waals surface area contributed by atoms with Crippen molar-refractivity contribution in [3.8, 4) is 0 Å². The minimum Gasteiger partial charge on any atom is -0.408 e. The van der Waals surface area contributed by atoms with Crippen molar-refractivity contribution < 1.29 is 37.8 Å². The molecule has 0 atom stereocenters. The fourth-order valence-electron chi connectivity index (χ4n) is 1.96. The van der Waals surface area contributed by atoms with Gasteiger partial charge in [0.05, 0.1) is 17.5 Å². The monoisotopic (exact) mass is 377 g/mol. The van der Waals surface area contributed by atoms with E-state index in [2.05, 4.69) is 9.89 Å². The zero-order valence-electron chi connectivity index (χ0n) is 13.7. The first-order valence-electron chi connectivity index (χ1n) is 7.59. The molecule has 0 saturated carbocycles. The van der Waals surface area contributed by atoms with Gasteiger partial charge < -0.3 is 14.7 Å². The highest BCUT2D eigenvalue weighted by molar-refractivity contribution is 6.00. The van der Waals surface area contributed by atoms with Crippen LogP contribution < -0.4 is 0 Å². The van der Waals surface area contributed by atoms with Gasteiger partial charge in [-0.1, -0.05) is 29.4 Å². The predicted molar refractivity (Wildman–Crippen MR) is 87.1 cm³/mol. The number of carbonyl (C=O) groups is 3. The molecule has 0 saturated heterocycles. The maximum absolute atomic E-state index is 13.5. The number of halogens is 2. The zero-order valence-corrected chi connectivity index (χ0v) is 13.7. The highest BCUT2D eigenvalue weighted by atomic mass is 19.1. The van der Waals surface area contributed by atoms with Crippen molar-refractivity contribution in [2.24, 2.45) is 5.16 Å². The number of hydrogen-bond acceptors (Lipinski definition) is 7. The summed E-state index contributed by atoms with van der Waals surface area (Å²) in [6.07, 6.45) is -0.926. The summed E-state index contributed by atoms with van der Waals surface area (Å²) in [5.74, 6) is -5.66. The second-order valence-electron chi connectivity index (χ2n) is 5.10. The van der Waals surface area contributed by atoms with E-state index in [0.717, 1.165) is 24.3 Å². The number of oxime groups is 1. The van der Waals surface area contributed by atoms with E-state index in [9.17, 15) is 23.2 Å². The Bertz CT molecular complexity index is 897. The van der Waals surface area contributed by atoms with E-state index in [1.807, 2.05) is 0 Å². The molecule has 1 N–H and O–H groups in total. The van der Waals surface area contributed by atoms with Gasteiger partial charge in [0.1, 0.15) is 11.6 Å². The molecular formula is C18H13F2NO6. The van der Waals surface area contributed by atoms with Crippen LogP contribution >= 0.6 is 0 Å². The van der Waals surface area contributed by atoms with Crippen molar-refractivity contribution in [2.45, 2.75) is 12.8 Å². The largest absolute Gasteiger partial charge is 0.408 e. The lowest BCUT2D eigenvalue weighted by atomic mass is 10.2. The van der Waals surface area contributed by atoms with Gasteiger partial charge in [0.25, 0.3) is 0 Å². The third kappa shape index (κ3) is 5.43. The number of hydrogen-bond donors (Lipinski definition) is 1. The molecule has 0 unspecified atom stereocenters. The molecule has 0 heterocycles. The normalized spacial score (nSPS) is 11.0. The van der Waals surface area contributed by atoms with Crippen molar-refractivity contribution in [2.75, 3.05) is 0 Å². The summed E-state index contributed by atoms with van der Waals surface area (Å²) in [7, 11) is 0. The van der Waals surface area contributed by atoms with Gasteiger partial charge >= 0.3 is 17.9 Å². The fraction of sp³-hybridized carbons (Fsp3) is 0.111.